The van der Waals surface area contributed by atoms with E-state index in [1.807, 2.05) is 42.5 Å². The Bertz CT molecular complexity index is 1800. The fraction of sp³-hybridized carbons (Fsp3) is 0.300. The largest absolute Gasteiger partial charge is 0.436 e. The van der Waals surface area contributed by atoms with Gasteiger partial charge in [-0.25, -0.2) is 4.98 Å². The molecule has 3 aromatic heterocycles. The van der Waals surface area contributed by atoms with Crippen LogP contribution in [0.3, 0.4) is 0 Å². The van der Waals surface area contributed by atoms with Crippen molar-refractivity contribution in [3.63, 3.8) is 0 Å². The van der Waals surface area contributed by atoms with Crippen LogP contribution in [0.15, 0.2) is 71.3 Å². The normalized spacial score (nSPS) is 16.4. The first-order chi connectivity index (χ1) is 21.5. The summed E-state index contributed by atoms with van der Waals surface area (Å²) in [6.07, 6.45) is 4.36. The van der Waals surface area contributed by atoms with Gasteiger partial charge in [0.2, 0.25) is 12.3 Å². The van der Waals surface area contributed by atoms with Crippen LogP contribution in [0.5, 0.6) is 0 Å². The lowest BCUT2D eigenvalue weighted by molar-refractivity contribution is -0.107. The number of nitrogens with zero attached hydrogens (tertiary/aromatic N) is 9. The van der Waals surface area contributed by atoms with E-state index in [1.165, 1.54) is 0 Å². The molecule has 2 aromatic carbocycles. The number of tetrazole rings is 1. The number of benzene rings is 2. The molecule has 7 rings (SSSR count). The quantitative estimate of drug-likeness (QED) is 0.232. The van der Waals surface area contributed by atoms with E-state index in [-0.39, 0.29) is 23.5 Å². The zero-order valence-electron chi connectivity index (χ0n) is 23.4. The van der Waals surface area contributed by atoms with E-state index in [1.54, 1.807) is 34.2 Å². The summed E-state index contributed by atoms with van der Waals surface area (Å²) in [6, 6.07) is 17.9. The van der Waals surface area contributed by atoms with Crippen LogP contribution < -0.4 is 4.90 Å². The molecule has 44 heavy (non-hydrogen) atoms. The van der Waals surface area contributed by atoms with Crippen LogP contribution >= 0.6 is 0 Å². The number of hydrogen-bond donors (Lipinski definition) is 0. The van der Waals surface area contributed by atoms with Crippen LogP contribution in [0, 0.1) is 0 Å². The average Bonchev–Trinajstić information content (AvgIpc) is 3.60. The Labute approximate surface area is 249 Å². The van der Waals surface area contributed by atoms with Gasteiger partial charge in [0, 0.05) is 49.7 Å². The van der Waals surface area contributed by atoms with Gasteiger partial charge in [-0.2, -0.15) is 8.78 Å². The van der Waals surface area contributed by atoms with Crippen molar-refractivity contribution in [2.75, 3.05) is 31.1 Å². The van der Waals surface area contributed by atoms with Gasteiger partial charge in [-0.15, -0.1) is 10.2 Å². The van der Waals surface area contributed by atoms with Gasteiger partial charge >= 0.3 is 6.55 Å². The van der Waals surface area contributed by atoms with Gasteiger partial charge in [0.05, 0.1) is 6.04 Å². The van der Waals surface area contributed by atoms with Crippen molar-refractivity contribution in [1.82, 2.24) is 40.0 Å². The number of carbonyl (C=O) groups is 2. The topological polar surface area (TPSA) is 126 Å². The molecule has 1 saturated carbocycles. The molecule has 2 aliphatic rings. The SMILES string of the molecule is O=CN(c1ccc2oc(-c3ccnc(C(=O)N4CCN(C(c5ccccc5)c5nnn(C(F)F)n5)CC4)c3)nc2c1)C1CC1. The maximum Gasteiger partial charge on any atom is 0.350 e. The number of halogens is 2. The van der Waals surface area contributed by atoms with E-state index in [0.717, 1.165) is 30.5 Å². The Morgan fingerprint density at radius 3 is 2.52 bits per heavy atom. The Morgan fingerprint density at radius 2 is 1.82 bits per heavy atom. The zero-order valence-corrected chi connectivity index (χ0v) is 23.4. The number of alkyl halides is 2. The summed E-state index contributed by atoms with van der Waals surface area (Å²) in [5.74, 6) is 0.272. The highest BCUT2D eigenvalue weighted by atomic mass is 19.3. The lowest BCUT2D eigenvalue weighted by Gasteiger charge is -2.38. The van der Waals surface area contributed by atoms with Crippen molar-refractivity contribution in [3.8, 4) is 11.5 Å². The lowest BCUT2D eigenvalue weighted by Crippen LogP contribution is -2.50. The highest BCUT2D eigenvalue weighted by Crippen LogP contribution is 2.33. The van der Waals surface area contributed by atoms with E-state index in [2.05, 4.69) is 30.3 Å². The number of carbonyl (C=O) groups excluding carboxylic acids is 2. The predicted octanol–water partition coefficient (Wildman–Crippen LogP) is 3.94. The molecule has 0 radical (unpaired) electrons. The summed E-state index contributed by atoms with van der Waals surface area (Å²) in [7, 11) is 0. The van der Waals surface area contributed by atoms with Gasteiger partial charge in [-0.3, -0.25) is 19.5 Å². The van der Waals surface area contributed by atoms with Crippen LogP contribution in [0.1, 0.15) is 47.3 Å². The third kappa shape index (κ3) is 5.39. The first kappa shape index (κ1) is 27.7. The maximum atomic E-state index is 13.5. The number of aromatic nitrogens is 6. The Hall–Kier alpha value is -5.11. The maximum absolute atomic E-state index is 13.5. The molecule has 0 bridgehead atoms. The molecule has 1 aliphatic carbocycles. The van der Waals surface area contributed by atoms with Gasteiger partial charge in [0.25, 0.3) is 5.91 Å². The number of piperazine rings is 1. The van der Waals surface area contributed by atoms with Crippen molar-refractivity contribution < 1.29 is 22.8 Å². The molecule has 4 heterocycles. The summed E-state index contributed by atoms with van der Waals surface area (Å²) >= 11 is 0. The summed E-state index contributed by atoms with van der Waals surface area (Å²) in [4.78, 5) is 39.8. The molecule has 12 nitrogen and oxygen atoms in total. The van der Waals surface area contributed by atoms with Crippen LogP contribution in [-0.4, -0.2) is 84.5 Å². The average molecular weight is 600 g/mol. The second-order valence-electron chi connectivity index (χ2n) is 10.7. The molecule has 1 saturated heterocycles. The molecule has 1 aliphatic heterocycles. The second-order valence-corrected chi connectivity index (χ2v) is 10.7. The molecule has 1 unspecified atom stereocenters. The fourth-order valence-electron chi connectivity index (χ4n) is 5.52. The molecule has 224 valence electrons. The molecule has 5 aromatic rings. The molecular formula is C30H27F2N9O3. The Kier molecular flexibility index (Phi) is 7.26. The first-order valence-corrected chi connectivity index (χ1v) is 14.2. The van der Waals surface area contributed by atoms with Gasteiger partial charge in [-0.05, 0) is 54.0 Å². The number of oxazole rings is 1. The monoisotopic (exact) mass is 599 g/mol. The lowest BCUT2D eigenvalue weighted by atomic mass is 10.0. The molecular weight excluding hydrogens is 572 g/mol. The van der Waals surface area contributed by atoms with Crippen LogP contribution in [0.25, 0.3) is 22.6 Å². The van der Waals surface area contributed by atoms with E-state index < -0.39 is 12.6 Å². The second kappa shape index (κ2) is 11.5. The summed E-state index contributed by atoms with van der Waals surface area (Å²) in [6.45, 7) is -1.20. The highest BCUT2D eigenvalue weighted by Gasteiger charge is 2.32. The standard InChI is InChI=1S/C30H27F2N9O3/c31-30(32)41-36-27(35-37-41)26(19-4-2-1-3-5-19)38-12-14-39(15-13-38)29(43)24-16-20(10-11-33-24)28-34-23-17-22(8-9-25(23)44-28)40(18-42)21-6-7-21/h1-5,8-11,16-18,21,26,30H,6-7,12-15H2. The molecule has 14 heteroatoms. The van der Waals surface area contributed by atoms with E-state index in [9.17, 15) is 18.4 Å². The molecule has 1 atom stereocenters. The molecule has 2 amide bonds. The summed E-state index contributed by atoms with van der Waals surface area (Å²) in [5, 5.41) is 11.3. The zero-order chi connectivity index (χ0) is 30.2. The number of anilines is 1. The van der Waals surface area contributed by atoms with Crippen molar-refractivity contribution in [1.29, 1.82) is 0 Å². The van der Waals surface area contributed by atoms with E-state index >= 15 is 0 Å². The number of fused-ring (bicyclic) bond motifs is 1. The van der Waals surface area contributed by atoms with Gasteiger partial charge < -0.3 is 14.2 Å². The van der Waals surface area contributed by atoms with Crippen molar-refractivity contribution >= 4 is 29.1 Å². The number of amides is 2. The van der Waals surface area contributed by atoms with Crippen LogP contribution in [0.2, 0.25) is 0 Å². The molecule has 2 fully saturated rings. The first-order valence-electron chi connectivity index (χ1n) is 14.2. The number of rotatable bonds is 9. The van der Waals surface area contributed by atoms with Gasteiger partial charge in [0.15, 0.2) is 11.4 Å². The highest BCUT2D eigenvalue weighted by molar-refractivity contribution is 5.93. The van der Waals surface area contributed by atoms with Crippen molar-refractivity contribution in [3.05, 3.63) is 83.9 Å². The van der Waals surface area contributed by atoms with Crippen molar-refractivity contribution in [2.24, 2.45) is 0 Å². The van der Waals surface area contributed by atoms with Crippen molar-refractivity contribution in [2.45, 2.75) is 31.5 Å². The number of pyridine rings is 1. The summed E-state index contributed by atoms with van der Waals surface area (Å²) < 4.78 is 32.3. The molecule has 0 spiro atoms. The smallest absolute Gasteiger partial charge is 0.350 e. The van der Waals surface area contributed by atoms with Gasteiger partial charge in [-0.1, -0.05) is 35.1 Å². The Morgan fingerprint density at radius 1 is 1.02 bits per heavy atom. The van der Waals surface area contributed by atoms with E-state index in [4.69, 9.17) is 4.42 Å². The Balaban J connectivity index is 1.07. The van der Waals surface area contributed by atoms with Gasteiger partial charge in [0.1, 0.15) is 11.2 Å². The molecule has 0 N–H and O–H groups in total. The van der Waals surface area contributed by atoms with Crippen LogP contribution in [-0.2, 0) is 4.79 Å². The summed E-state index contributed by atoms with van der Waals surface area (Å²) in [5.41, 5.74) is 3.65. The third-order valence-corrected chi connectivity index (χ3v) is 7.89. The third-order valence-electron chi connectivity index (χ3n) is 7.89. The minimum atomic E-state index is -2.89. The minimum absolute atomic E-state index is 0.169. The van der Waals surface area contributed by atoms with Crippen LogP contribution in [0.4, 0.5) is 14.5 Å². The minimum Gasteiger partial charge on any atom is -0.436 e. The van der Waals surface area contributed by atoms with E-state index in [0.29, 0.717) is 53.5 Å². The fourth-order valence-corrected chi connectivity index (χ4v) is 5.52. The predicted molar refractivity (Wildman–Crippen MR) is 154 cm³/mol. The number of hydrogen-bond acceptors (Lipinski definition) is 9.